The van der Waals surface area contributed by atoms with E-state index in [1.807, 2.05) is 78.9 Å². The third-order valence-electron chi connectivity index (χ3n) is 7.39. The first-order valence-electron chi connectivity index (χ1n) is 13.8. The topological polar surface area (TPSA) is 72.9 Å². The van der Waals surface area contributed by atoms with Gasteiger partial charge >= 0.3 is 5.97 Å². The predicted molar refractivity (Wildman–Crippen MR) is 161 cm³/mol. The lowest BCUT2D eigenvalue weighted by molar-refractivity contribution is -0.156. The Morgan fingerprint density at radius 1 is 0.927 bits per heavy atom. The molecule has 2 aliphatic heterocycles. The largest absolute Gasteiger partial charge is 0.497 e. The number of ketones is 1. The molecular weight excluding hydrogens is 534 g/mol. The maximum absolute atomic E-state index is 13.5. The van der Waals surface area contributed by atoms with Crippen LogP contribution < -0.4 is 4.74 Å². The number of fused-ring (bicyclic) bond motifs is 1. The highest BCUT2D eigenvalue weighted by Crippen LogP contribution is 2.46. The molecule has 1 saturated heterocycles. The molecule has 1 amide bonds. The Morgan fingerprint density at radius 3 is 2.32 bits per heavy atom. The van der Waals surface area contributed by atoms with Crippen molar-refractivity contribution < 1.29 is 23.9 Å². The van der Waals surface area contributed by atoms with Crippen LogP contribution in [0.15, 0.2) is 96.2 Å². The zero-order valence-electron chi connectivity index (χ0n) is 23.2. The quantitative estimate of drug-likeness (QED) is 0.209. The molecule has 0 radical (unpaired) electrons. The van der Waals surface area contributed by atoms with Gasteiger partial charge in [0.05, 0.1) is 18.4 Å². The van der Waals surface area contributed by atoms with Gasteiger partial charge < -0.3 is 9.47 Å². The number of hydrogen-bond acceptors (Lipinski definition) is 6. The van der Waals surface area contributed by atoms with Crippen molar-refractivity contribution in [1.82, 2.24) is 4.90 Å². The first kappa shape index (κ1) is 28.4. The fourth-order valence-electron chi connectivity index (χ4n) is 5.04. The standard InChI is InChI=1S/C34H33NO5S/c1-3-23-9-11-24(12-10-23)13-16-27-22-41-33-30(20-28(36)19-25-7-5-4-6-8-25)32(37)35(33)31(27)34(38)40-21-26-14-17-29(39-2)18-15-26/h4-18,30,33H,3,19-22H2,1-2H3/b16-13+/t30-,33?/m1/s1. The van der Waals surface area contributed by atoms with E-state index in [0.29, 0.717) is 17.9 Å². The molecule has 3 aromatic carbocycles. The Morgan fingerprint density at radius 2 is 1.63 bits per heavy atom. The molecule has 0 saturated carbocycles. The van der Waals surface area contributed by atoms with Crippen LogP contribution in [0.5, 0.6) is 5.75 Å². The molecule has 41 heavy (non-hydrogen) atoms. The second-order valence-electron chi connectivity index (χ2n) is 10.1. The number of methoxy groups -OCH3 is 1. The van der Waals surface area contributed by atoms with Gasteiger partial charge in [0.15, 0.2) is 0 Å². The van der Waals surface area contributed by atoms with Crippen LogP contribution in [0, 0.1) is 5.92 Å². The van der Waals surface area contributed by atoms with Gasteiger partial charge in [0.1, 0.15) is 23.8 Å². The van der Waals surface area contributed by atoms with Gasteiger partial charge in [-0.05, 0) is 46.4 Å². The van der Waals surface area contributed by atoms with Crippen molar-refractivity contribution in [3.05, 3.63) is 118 Å². The molecule has 0 aromatic heterocycles. The highest BCUT2D eigenvalue weighted by molar-refractivity contribution is 8.00. The maximum Gasteiger partial charge on any atom is 0.355 e. The summed E-state index contributed by atoms with van der Waals surface area (Å²) in [7, 11) is 1.60. The molecule has 1 fully saturated rings. The summed E-state index contributed by atoms with van der Waals surface area (Å²) in [5.41, 5.74) is 4.99. The van der Waals surface area contributed by atoms with Crippen molar-refractivity contribution in [2.45, 2.75) is 38.2 Å². The first-order valence-corrected chi connectivity index (χ1v) is 14.8. The van der Waals surface area contributed by atoms with Gasteiger partial charge in [-0.3, -0.25) is 14.5 Å². The highest BCUT2D eigenvalue weighted by Gasteiger charge is 2.53. The maximum atomic E-state index is 13.5. The molecule has 0 aliphatic carbocycles. The van der Waals surface area contributed by atoms with E-state index in [2.05, 4.69) is 19.1 Å². The smallest absolute Gasteiger partial charge is 0.355 e. The molecule has 3 aromatic rings. The molecule has 2 aliphatic rings. The van der Waals surface area contributed by atoms with Gasteiger partial charge in [0.2, 0.25) is 5.91 Å². The molecule has 2 atom stereocenters. The van der Waals surface area contributed by atoms with E-state index in [0.717, 1.165) is 28.7 Å². The molecule has 7 heteroatoms. The number of amides is 1. The van der Waals surface area contributed by atoms with Gasteiger partial charge in [-0.2, -0.15) is 0 Å². The van der Waals surface area contributed by atoms with Crippen molar-refractivity contribution in [3.8, 4) is 5.75 Å². The summed E-state index contributed by atoms with van der Waals surface area (Å²) in [5, 5.41) is -0.272. The summed E-state index contributed by atoms with van der Waals surface area (Å²) >= 11 is 1.58. The minimum Gasteiger partial charge on any atom is -0.497 e. The van der Waals surface area contributed by atoms with Crippen molar-refractivity contribution in [2.75, 3.05) is 12.9 Å². The van der Waals surface area contributed by atoms with Gasteiger partial charge in [-0.1, -0.05) is 85.8 Å². The molecule has 2 heterocycles. The third kappa shape index (κ3) is 6.63. The predicted octanol–water partition coefficient (Wildman–Crippen LogP) is 6.00. The van der Waals surface area contributed by atoms with Crippen LogP contribution in [-0.2, 0) is 38.6 Å². The van der Waals surface area contributed by atoms with E-state index >= 15 is 0 Å². The number of ether oxygens (including phenoxy) is 2. The zero-order valence-corrected chi connectivity index (χ0v) is 24.1. The molecular formula is C34H33NO5S. The average molecular weight is 568 g/mol. The van der Waals surface area contributed by atoms with Crippen LogP contribution in [0.3, 0.4) is 0 Å². The van der Waals surface area contributed by atoms with Crippen molar-refractivity contribution in [1.29, 1.82) is 0 Å². The number of esters is 1. The average Bonchev–Trinajstić information content (AvgIpc) is 3.02. The summed E-state index contributed by atoms with van der Waals surface area (Å²) in [5.74, 6) is 0.0614. The van der Waals surface area contributed by atoms with Crippen LogP contribution in [0.1, 0.15) is 35.6 Å². The number of nitrogens with zero attached hydrogens (tertiary/aromatic N) is 1. The number of carbonyl (C=O) groups excluding carboxylic acids is 3. The molecule has 0 bridgehead atoms. The number of carbonyl (C=O) groups is 3. The lowest BCUT2D eigenvalue weighted by Crippen LogP contribution is -2.61. The molecule has 6 nitrogen and oxygen atoms in total. The van der Waals surface area contributed by atoms with E-state index in [4.69, 9.17) is 9.47 Å². The van der Waals surface area contributed by atoms with Crippen molar-refractivity contribution in [3.63, 3.8) is 0 Å². The minimum absolute atomic E-state index is 0.0173. The second-order valence-corrected chi connectivity index (χ2v) is 11.3. The Bertz CT molecular complexity index is 1460. The number of β-lactam (4-membered cyclic amide) rings is 1. The van der Waals surface area contributed by atoms with Crippen LogP contribution >= 0.6 is 11.8 Å². The number of aryl methyl sites for hydroxylation is 1. The monoisotopic (exact) mass is 567 g/mol. The lowest BCUT2D eigenvalue weighted by atomic mass is 9.89. The number of rotatable bonds is 11. The molecule has 0 N–H and O–H groups in total. The molecule has 1 unspecified atom stereocenters. The lowest BCUT2D eigenvalue weighted by Gasteiger charge is -2.49. The minimum atomic E-state index is -0.547. The third-order valence-corrected chi connectivity index (χ3v) is 8.75. The SMILES string of the molecule is CCc1ccc(/C=C/C2=C(C(=O)OCc3ccc(OC)cc3)N3C(=O)[C@@H](CC(=O)Cc4ccccc4)C3SC2)cc1. The van der Waals surface area contributed by atoms with E-state index < -0.39 is 11.9 Å². The van der Waals surface area contributed by atoms with Crippen LogP contribution in [0.25, 0.3) is 6.08 Å². The van der Waals surface area contributed by atoms with Gasteiger partial charge in [0.25, 0.3) is 0 Å². The van der Waals surface area contributed by atoms with E-state index in [1.165, 1.54) is 10.5 Å². The fraction of sp³-hybridized carbons (Fsp3) is 0.265. The Kier molecular flexibility index (Phi) is 9.04. The Hall–Kier alpha value is -4.10. The Balaban J connectivity index is 1.34. The van der Waals surface area contributed by atoms with Crippen LogP contribution in [0.2, 0.25) is 0 Å². The second kappa shape index (κ2) is 13.0. The number of allylic oxidation sites excluding steroid dienone is 1. The van der Waals surface area contributed by atoms with E-state index in [-0.39, 0.29) is 35.8 Å². The summed E-state index contributed by atoms with van der Waals surface area (Å²) in [6.07, 6.45) is 5.26. The van der Waals surface area contributed by atoms with E-state index in [9.17, 15) is 14.4 Å². The van der Waals surface area contributed by atoms with Crippen LogP contribution in [0.4, 0.5) is 0 Å². The van der Waals surface area contributed by atoms with E-state index in [1.54, 1.807) is 18.9 Å². The number of Topliss-reactive ketones (excluding diaryl/α,β-unsaturated/α-hetero) is 1. The van der Waals surface area contributed by atoms with Gasteiger partial charge in [0, 0.05) is 18.6 Å². The molecule has 5 rings (SSSR count). The fourth-order valence-corrected chi connectivity index (χ4v) is 6.42. The number of benzene rings is 3. The van der Waals surface area contributed by atoms with Crippen molar-refractivity contribution >= 4 is 35.5 Å². The van der Waals surface area contributed by atoms with Crippen molar-refractivity contribution in [2.24, 2.45) is 5.92 Å². The van der Waals surface area contributed by atoms with Crippen LogP contribution in [-0.4, -0.2) is 40.8 Å². The number of hydrogen-bond donors (Lipinski definition) is 0. The summed E-state index contributed by atoms with van der Waals surface area (Å²) in [4.78, 5) is 41.3. The molecule has 210 valence electrons. The van der Waals surface area contributed by atoms with Gasteiger partial charge in [-0.25, -0.2) is 4.79 Å². The zero-order chi connectivity index (χ0) is 28.8. The first-order chi connectivity index (χ1) is 20.0. The van der Waals surface area contributed by atoms with Gasteiger partial charge in [-0.15, -0.1) is 11.8 Å². The summed E-state index contributed by atoms with van der Waals surface area (Å²) < 4.78 is 10.9. The summed E-state index contributed by atoms with van der Waals surface area (Å²) in [6.45, 7) is 2.18. The normalized spacial score (nSPS) is 18.2. The highest BCUT2D eigenvalue weighted by atomic mass is 32.2. The number of thioether (sulfide) groups is 1. The Labute approximate surface area is 245 Å². The molecule has 0 spiro atoms. The summed E-state index contributed by atoms with van der Waals surface area (Å²) in [6, 6.07) is 25.1.